The second-order valence-corrected chi connectivity index (χ2v) is 4.61. The van der Waals surface area contributed by atoms with Crippen molar-refractivity contribution in [2.75, 3.05) is 11.9 Å². The maximum absolute atomic E-state index is 12.2. The van der Waals surface area contributed by atoms with Crippen molar-refractivity contribution in [3.05, 3.63) is 36.7 Å². The number of carbonyl (C=O) groups is 1. The lowest BCUT2D eigenvalue weighted by atomic mass is 10.0. The van der Waals surface area contributed by atoms with E-state index in [0.29, 0.717) is 6.54 Å². The Labute approximate surface area is 113 Å². The van der Waals surface area contributed by atoms with Crippen LogP contribution in [0.15, 0.2) is 36.7 Å². The van der Waals surface area contributed by atoms with Gasteiger partial charge in [-0.25, -0.2) is 0 Å². The molecule has 4 nitrogen and oxygen atoms in total. The zero-order chi connectivity index (χ0) is 13.7. The number of benzene rings is 1. The molecule has 1 aromatic heterocycles. The van der Waals surface area contributed by atoms with Crippen LogP contribution in [0.4, 0.5) is 5.69 Å². The SMILES string of the molecule is CCCC(CN)C(=O)Nc1cccc2ccncc12. The standard InChI is InChI=1S/C15H19N3O/c1-2-4-12(9-16)15(19)18-14-6-3-5-11-7-8-17-10-13(11)14/h3,5-8,10,12H,2,4,9,16H2,1H3,(H,18,19). The molecule has 2 rings (SSSR count). The first-order valence-electron chi connectivity index (χ1n) is 6.60. The van der Waals surface area contributed by atoms with Crippen molar-refractivity contribution >= 4 is 22.4 Å². The summed E-state index contributed by atoms with van der Waals surface area (Å²) in [5.41, 5.74) is 6.45. The van der Waals surface area contributed by atoms with E-state index in [1.165, 1.54) is 0 Å². The fourth-order valence-electron chi connectivity index (χ4n) is 2.16. The summed E-state index contributed by atoms with van der Waals surface area (Å²) in [6, 6.07) is 7.74. The molecule has 1 unspecified atom stereocenters. The van der Waals surface area contributed by atoms with Crippen molar-refractivity contribution in [3.8, 4) is 0 Å². The third kappa shape index (κ3) is 3.09. The lowest BCUT2D eigenvalue weighted by molar-refractivity contribution is -0.119. The lowest BCUT2D eigenvalue weighted by Gasteiger charge is -2.15. The molecule has 0 bridgehead atoms. The van der Waals surface area contributed by atoms with Crippen molar-refractivity contribution in [3.63, 3.8) is 0 Å². The number of aromatic nitrogens is 1. The topological polar surface area (TPSA) is 68.0 Å². The molecule has 1 amide bonds. The molecule has 0 aliphatic carbocycles. The summed E-state index contributed by atoms with van der Waals surface area (Å²) in [6.45, 7) is 2.43. The molecule has 0 spiro atoms. The number of nitrogens with zero attached hydrogens (tertiary/aromatic N) is 1. The highest BCUT2D eigenvalue weighted by Gasteiger charge is 2.16. The molecule has 1 atom stereocenters. The van der Waals surface area contributed by atoms with Crippen molar-refractivity contribution in [1.29, 1.82) is 0 Å². The third-order valence-electron chi connectivity index (χ3n) is 3.23. The van der Waals surface area contributed by atoms with Crippen LogP contribution >= 0.6 is 0 Å². The summed E-state index contributed by atoms with van der Waals surface area (Å²) in [6.07, 6.45) is 5.27. The van der Waals surface area contributed by atoms with Crippen molar-refractivity contribution in [2.24, 2.45) is 11.7 Å². The van der Waals surface area contributed by atoms with E-state index in [1.54, 1.807) is 12.4 Å². The number of hydrogen-bond donors (Lipinski definition) is 2. The van der Waals surface area contributed by atoms with Crippen LogP contribution in [0.1, 0.15) is 19.8 Å². The molecule has 1 heterocycles. The number of pyridine rings is 1. The van der Waals surface area contributed by atoms with Crippen LogP contribution in [-0.2, 0) is 4.79 Å². The van der Waals surface area contributed by atoms with E-state index >= 15 is 0 Å². The minimum Gasteiger partial charge on any atom is -0.330 e. The second-order valence-electron chi connectivity index (χ2n) is 4.61. The van der Waals surface area contributed by atoms with Crippen molar-refractivity contribution in [2.45, 2.75) is 19.8 Å². The number of rotatable bonds is 5. The molecule has 0 fully saturated rings. The van der Waals surface area contributed by atoms with E-state index in [-0.39, 0.29) is 11.8 Å². The Bertz CT molecular complexity index is 563. The average molecular weight is 257 g/mol. The molecule has 4 heteroatoms. The molecule has 0 saturated heterocycles. The Kier molecular flexibility index (Phi) is 4.47. The van der Waals surface area contributed by atoms with Gasteiger partial charge in [-0.3, -0.25) is 9.78 Å². The maximum Gasteiger partial charge on any atom is 0.228 e. The van der Waals surface area contributed by atoms with Crippen LogP contribution < -0.4 is 11.1 Å². The van der Waals surface area contributed by atoms with Crippen LogP contribution in [0.25, 0.3) is 10.8 Å². The first kappa shape index (κ1) is 13.5. The van der Waals surface area contributed by atoms with Gasteiger partial charge in [0.2, 0.25) is 5.91 Å². The van der Waals surface area contributed by atoms with Gasteiger partial charge in [0.05, 0.1) is 11.6 Å². The fourth-order valence-corrected chi connectivity index (χ4v) is 2.16. The molecule has 100 valence electrons. The van der Waals surface area contributed by atoms with Gasteiger partial charge in [-0.1, -0.05) is 25.5 Å². The maximum atomic E-state index is 12.2. The number of hydrogen-bond acceptors (Lipinski definition) is 3. The van der Waals surface area contributed by atoms with E-state index in [4.69, 9.17) is 5.73 Å². The van der Waals surface area contributed by atoms with Gasteiger partial charge in [0.25, 0.3) is 0 Å². The van der Waals surface area contributed by atoms with Gasteiger partial charge in [0, 0.05) is 24.3 Å². The highest BCUT2D eigenvalue weighted by atomic mass is 16.1. The number of nitrogens with two attached hydrogens (primary N) is 1. The summed E-state index contributed by atoms with van der Waals surface area (Å²) in [5.74, 6) is -0.141. The lowest BCUT2D eigenvalue weighted by Crippen LogP contribution is -2.29. The Hall–Kier alpha value is -1.94. The number of anilines is 1. The van der Waals surface area contributed by atoms with Gasteiger partial charge in [-0.15, -0.1) is 0 Å². The van der Waals surface area contributed by atoms with Crippen LogP contribution in [0.5, 0.6) is 0 Å². The summed E-state index contributed by atoms with van der Waals surface area (Å²) in [5, 5.41) is 4.97. The van der Waals surface area contributed by atoms with Gasteiger partial charge in [-0.2, -0.15) is 0 Å². The highest BCUT2D eigenvalue weighted by molar-refractivity contribution is 6.02. The van der Waals surface area contributed by atoms with E-state index in [2.05, 4.69) is 17.2 Å². The van der Waals surface area contributed by atoms with E-state index in [9.17, 15) is 4.79 Å². The molecular weight excluding hydrogens is 238 g/mol. The Morgan fingerprint density at radius 3 is 3.00 bits per heavy atom. The summed E-state index contributed by atoms with van der Waals surface area (Å²) in [7, 11) is 0. The number of carbonyl (C=O) groups excluding carboxylic acids is 1. The van der Waals surface area contributed by atoms with Crippen molar-refractivity contribution in [1.82, 2.24) is 4.98 Å². The monoisotopic (exact) mass is 257 g/mol. The summed E-state index contributed by atoms with van der Waals surface area (Å²) in [4.78, 5) is 16.3. The van der Waals surface area contributed by atoms with Crippen LogP contribution in [0.3, 0.4) is 0 Å². The quantitative estimate of drug-likeness (QED) is 0.865. The predicted octanol–water partition coefficient (Wildman–Crippen LogP) is 2.55. The molecule has 2 aromatic rings. The number of nitrogens with one attached hydrogen (secondary N) is 1. The Morgan fingerprint density at radius 1 is 1.42 bits per heavy atom. The van der Waals surface area contributed by atoms with E-state index in [1.807, 2.05) is 24.3 Å². The first-order chi connectivity index (χ1) is 9.26. The third-order valence-corrected chi connectivity index (χ3v) is 3.23. The second kappa shape index (κ2) is 6.29. The highest BCUT2D eigenvalue weighted by Crippen LogP contribution is 2.22. The van der Waals surface area contributed by atoms with Crippen LogP contribution in [-0.4, -0.2) is 17.4 Å². The molecule has 0 aliphatic heterocycles. The molecule has 19 heavy (non-hydrogen) atoms. The largest absolute Gasteiger partial charge is 0.330 e. The van der Waals surface area contributed by atoms with Crippen molar-refractivity contribution < 1.29 is 4.79 Å². The molecule has 0 radical (unpaired) electrons. The molecule has 1 aromatic carbocycles. The average Bonchev–Trinajstić information content (AvgIpc) is 2.45. The molecule has 0 aliphatic rings. The number of amides is 1. The van der Waals surface area contributed by atoms with Gasteiger partial charge in [0.1, 0.15) is 0 Å². The Balaban J connectivity index is 2.23. The minimum absolute atomic E-state index is 0.0132. The minimum atomic E-state index is -0.128. The zero-order valence-electron chi connectivity index (χ0n) is 11.1. The van der Waals surface area contributed by atoms with Gasteiger partial charge >= 0.3 is 0 Å². The van der Waals surface area contributed by atoms with Crippen LogP contribution in [0.2, 0.25) is 0 Å². The summed E-state index contributed by atoms with van der Waals surface area (Å²) < 4.78 is 0. The zero-order valence-corrected chi connectivity index (χ0v) is 11.1. The normalized spacial score (nSPS) is 12.3. The smallest absolute Gasteiger partial charge is 0.228 e. The molecule has 3 N–H and O–H groups in total. The van der Waals surface area contributed by atoms with Crippen LogP contribution in [0, 0.1) is 5.92 Å². The predicted molar refractivity (Wildman–Crippen MR) is 77.8 cm³/mol. The fraction of sp³-hybridized carbons (Fsp3) is 0.333. The number of fused-ring (bicyclic) bond motifs is 1. The molecule has 0 saturated carbocycles. The van der Waals surface area contributed by atoms with E-state index in [0.717, 1.165) is 29.3 Å². The van der Waals surface area contributed by atoms with Gasteiger partial charge in [0.15, 0.2) is 0 Å². The van der Waals surface area contributed by atoms with Gasteiger partial charge < -0.3 is 11.1 Å². The Morgan fingerprint density at radius 2 is 2.26 bits per heavy atom. The summed E-state index contributed by atoms with van der Waals surface area (Å²) >= 11 is 0. The molecular formula is C15H19N3O. The van der Waals surface area contributed by atoms with Gasteiger partial charge in [-0.05, 0) is 23.9 Å². The van der Waals surface area contributed by atoms with E-state index < -0.39 is 0 Å². The first-order valence-corrected chi connectivity index (χ1v) is 6.60.